The highest BCUT2D eigenvalue weighted by Gasteiger charge is 2.29. The first-order valence-corrected chi connectivity index (χ1v) is 9.93. The van der Waals surface area contributed by atoms with Crippen molar-refractivity contribution in [2.45, 2.75) is 19.3 Å². The molecule has 28 heavy (non-hydrogen) atoms. The number of hydrogen-bond donors (Lipinski definition) is 2. The van der Waals surface area contributed by atoms with Gasteiger partial charge in [0, 0.05) is 50.0 Å². The minimum atomic E-state index is -0.152. The quantitative estimate of drug-likeness (QED) is 0.668. The molecule has 0 unspecified atom stereocenters. The van der Waals surface area contributed by atoms with E-state index in [0.717, 1.165) is 17.7 Å². The summed E-state index contributed by atoms with van der Waals surface area (Å²) in [6, 6.07) is 11.4. The zero-order chi connectivity index (χ0) is 19.8. The van der Waals surface area contributed by atoms with E-state index in [9.17, 15) is 9.59 Å². The van der Waals surface area contributed by atoms with Crippen molar-refractivity contribution in [2.24, 2.45) is 5.92 Å². The number of nitrogens with zero attached hydrogens (tertiary/aromatic N) is 2. The molecule has 1 aromatic carbocycles. The van der Waals surface area contributed by atoms with Gasteiger partial charge in [0.2, 0.25) is 11.8 Å². The SMILES string of the molecule is O=C(NCCNc1cccnc1)[C@@H]1CCC(=O)N(CCc2ccc(Cl)cc2)C1. The average Bonchev–Trinajstić information content (AvgIpc) is 2.72. The predicted octanol–water partition coefficient (Wildman–Crippen LogP) is 2.74. The van der Waals surface area contributed by atoms with E-state index in [4.69, 9.17) is 11.6 Å². The Balaban J connectivity index is 1.41. The fraction of sp³-hybridized carbons (Fsp3) is 0.381. The minimum absolute atomic E-state index is 0.0111. The van der Waals surface area contributed by atoms with Gasteiger partial charge in [-0.05, 0) is 42.7 Å². The van der Waals surface area contributed by atoms with Crippen LogP contribution in [0.15, 0.2) is 48.8 Å². The molecule has 7 heteroatoms. The molecule has 1 aliphatic rings. The fourth-order valence-corrected chi connectivity index (χ4v) is 3.39. The molecule has 1 fully saturated rings. The summed E-state index contributed by atoms with van der Waals surface area (Å²) in [4.78, 5) is 30.5. The molecule has 2 N–H and O–H groups in total. The largest absolute Gasteiger partial charge is 0.382 e. The van der Waals surface area contributed by atoms with Crippen LogP contribution < -0.4 is 10.6 Å². The van der Waals surface area contributed by atoms with Gasteiger partial charge in [-0.25, -0.2) is 0 Å². The first-order valence-electron chi connectivity index (χ1n) is 9.55. The Bertz CT molecular complexity index is 783. The number of aromatic nitrogens is 1. The topological polar surface area (TPSA) is 74.3 Å². The first-order chi connectivity index (χ1) is 13.6. The molecule has 1 aromatic heterocycles. The number of pyridine rings is 1. The lowest BCUT2D eigenvalue weighted by molar-refractivity contribution is -0.138. The van der Waals surface area contributed by atoms with Crippen molar-refractivity contribution < 1.29 is 9.59 Å². The summed E-state index contributed by atoms with van der Waals surface area (Å²) in [5.74, 6) is -0.0189. The molecule has 2 heterocycles. The second kappa shape index (κ2) is 10.1. The average molecular weight is 401 g/mol. The van der Waals surface area contributed by atoms with Gasteiger partial charge in [0.1, 0.15) is 0 Å². The van der Waals surface area contributed by atoms with Gasteiger partial charge in [0.15, 0.2) is 0 Å². The lowest BCUT2D eigenvalue weighted by Crippen LogP contribution is -2.47. The summed E-state index contributed by atoms with van der Waals surface area (Å²) in [5.41, 5.74) is 2.05. The number of amides is 2. The molecule has 0 aliphatic carbocycles. The zero-order valence-electron chi connectivity index (χ0n) is 15.7. The van der Waals surface area contributed by atoms with Crippen molar-refractivity contribution in [3.63, 3.8) is 0 Å². The van der Waals surface area contributed by atoms with Crippen LogP contribution >= 0.6 is 11.6 Å². The number of benzene rings is 1. The molecule has 3 rings (SSSR count). The van der Waals surface area contributed by atoms with Gasteiger partial charge in [-0.1, -0.05) is 23.7 Å². The van der Waals surface area contributed by atoms with E-state index < -0.39 is 0 Å². The maximum Gasteiger partial charge on any atom is 0.224 e. The number of nitrogens with one attached hydrogen (secondary N) is 2. The van der Waals surface area contributed by atoms with E-state index in [2.05, 4.69) is 15.6 Å². The van der Waals surface area contributed by atoms with Crippen LogP contribution in [-0.2, 0) is 16.0 Å². The smallest absolute Gasteiger partial charge is 0.224 e. The normalized spacial score (nSPS) is 16.7. The molecule has 0 bridgehead atoms. The number of rotatable bonds is 8. The summed E-state index contributed by atoms with van der Waals surface area (Å²) in [6.45, 7) is 2.26. The molecular weight excluding hydrogens is 376 g/mol. The highest BCUT2D eigenvalue weighted by molar-refractivity contribution is 6.30. The van der Waals surface area contributed by atoms with Gasteiger partial charge in [-0.3, -0.25) is 14.6 Å². The minimum Gasteiger partial charge on any atom is -0.382 e. The highest BCUT2D eigenvalue weighted by Crippen LogP contribution is 2.19. The molecule has 148 valence electrons. The number of carbonyl (C=O) groups is 2. The van der Waals surface area contributed by atoms with Crippen molar-refractivity contribution in [1.29, 1.82) is 0 Å². The van der Waals surface area contributed by atoms with Crippen LogP contribution in [-0.4, -0.2) is 47.9 Å². The van der Waals surface area contributed by atoms with E-state index in [1.807, 2.05) is 36.4 Å². The maximum absolute atomic E-state index is 12.5. The number of hydrogen-bond acceptors (Lipinski definition) is 4. The Hall–Kier alpha value is -2.60. The Morgan fingerprint density at radius 1 is 1.21 bits per heavy atom. The van der Waals surface area contributed by atoms with Gasteiger partial charge >= 0.3 is 0 Å². The van der Waals surface area contributed by atoms with Crippen molar-refractivity contribution in [3.8, 4) is 0 Å². The maximum atomic E-state index is 12.5. The Labute approximate surface area is 170 Å². The molecule has 6 nitrogen and oxygen atoms in total. The molecule has 1 aliphatic heterocycles. The molecule has 2 amide bonds. The standard InChI is InChI=1S/C21H25ClN4O2/c22-18-6-3-16(4-7-18)9-13-26-15-17(5-8-20(26)27)21(28)25-12-11-24-19-2-1-10-23-14-19/h1-4,6-7,10,14,17,24H,5,8-9,11-13,15H2,(H,25,28)/t17-/m1/s1. The summed E-state index contributed by atoms with van der Waals surface area (Å²) >= 11 is 5.91. The molecule has 1 atom stereocenters. The van der Waals surface area contributed by atoms with Crippen LogP contribution in [0.2, 0.25) is 5.02 Å². The molecule has 0 spiro atoms. The van der Waals surface area contributed by atoms with E-state index in [1.54, 1.807) is 17.3 Å². The molecular formula is C21H25ClN4O2. The van der Waals surface area contributed by atoms with Gasteiger partial charge in [0.05, 0.1) is 11.6 Å². The van der Waals surface area contributed by atoms with E-state index in [-0.39, 0.29) is 17.7 Å². The zero-order valence-corrected chi connectivity index (χ0v) is 16.5. The van der Waals surface area contributed by atoms with E-state index in [0.29, 0.717) is 44.0 Å². The van der Waals surface area contributed by atoms with Crippen LogP contribution in [0.4, 0.5) is 5.69 Å². The van der Waals surface area contributed by atoms with Crippen molar-refractivity contribution in [2.75, 3.05) is 31.5 Å². The highest BCUT2D eigenvalue weighted by atomic mass is 35.5. The number of anilines is 1. The lowest BCUT2D eigenvalue weighted by Gasteiger charge is -2.32. The number of likely N-dealkylation sites (tertiary alicyclic amines) is 1. The molecule has 2 aromatic rings. The van der Waals surface area contributed by atoms with Crippen molar-refractivity contribution >= 4 is 29.1 Å². The monoisotopic (exact) mass is 400 g/mol. The lowest BCUT2D eigenvalue weighted by atomic mass is 9.96. The van der Waals surface area contributed by atoms with Crippen LogP contribution in [0.5, 0.6) is 0 Å². The first kappa shape index (κ1) is 20.1. The Morgan fingerprint density at radius 3 is 2.79 bits per heavy atom. The number of carbonyl (C=O) groups excluding carboxylic acids is 2. The van der Waals surface area contributed by atoms with Crippen LogP contribution in [0, 0.1) is 5.92 Å². The van der Waals surface area contributed by atoms with E-state index in [1.165, 1.54) is 0 Å². The summed E-state index contributed by atoms with van der Waals surface area (Å²) in [5, 5.41) is 6.88. The third-order valence-electron chi connectivity index (χ3n) is 4.87. The van der Waals surface area contributed by atoms with E-state index >= 15 is 0 Å². The predicted molar refractivity (Wildman–Crippen MR) is 110 cm³/mol. The van der Waals surface area contributed by atoms with Crippen LogP contribution in [0.1, 0.15) is 18.4 Å². The fourth-order valence-electron chi connectivity index (χ4n) is 3.26. The second-order valence-electron chi connectivity index (χ2n) is 6.91. The van der Waals surface area contributed by atoms with Gasteiger partial charge in [-0.15, -0.1) is 0 Å². The number of piperidine rings is 1. The summed E-state index contributed by atoms with van der Waals surface area (Å²) in [7, 11) is 0. The Kier molecular flexibility index (Phi) is 7.25. The Morgan fingerprint density at radius 2 is 2.04 bits per heavy atom. The number of halogens is 1. The van der Waals surface area contributed by atoms with Crippen molar-refractivity contribution in [1.82, 2.24) is 15.2 Å². The van der Waals surface area contributed by atoms with Gasteiger partial charge in [0.25, 0.3) is 0 Å². The van der Waals surface area contributed by atoms with Gasteiger partial charge < -0.3 is 15.5 Å². The third-order valence-corrected chi connectivity index (χ3v) is 5.12. The second-order valence-corrected chi connectivity index (χ2v) is 7.35. The summed E-state index contributed by atoms with van der Waals surface area (Å²) in [6.07, 6.45) is 5.25. The molecule has 0 saturated carbocycles. The van der Waals surface area contributed by atoms with Crippen LogP contribution in [0.3, 0.4) is 0 Å². The van der Waals surface area contributed by atoms with Crippen LogP contribution in [0.25, 0.3) is 0 Å². The van der Waals surface area contributed by atoms with Gasteiger partial charge in [-0.2, -0.15) is 0 Å². The summed E-state index contributed by atoms with van der Waals surface area (Å²) < 4.78 is 0. The third kappa shape index (κ3) is 5.96. The molecule has 1 saturated heterocycles. The molecule has 0 radical (unpaired) electrons. The van der Waals surface area contributed by atoms with Crippen molar-refractivity contribution in [3.05, 3.63) is 59.4 Å².